The molecule has 1 aromatic rings. The molecule has 0 radical (unpaired) electrons. The molecule has 2 nitrogen and oxygen atoms in total. The van der Waals surface area contributed by atoms with Gasteiger partial charge in [-0.2, -0.15) is 0 Å². The Morgan fingerprint density at radius 2 is 1.94 bits per heavy atom. The van der Waals surface area contributed by atoms with Crippen molar-refractivity contribution < 1.29 is 5.11 Å². The van der Waals surface area contributed by atoms with Gasteiger partial charge in [-0.15, -0.1) is 0 Å². The Balaban J connectivity index is 2.07. The van der Waals surface area contributed by atoms with Gasteiger partial charge in [0, 0.05) is 17.5 Å². The van der Waals surface area contributed by atoms with Crippen molar-refractivity contribution in [1.82, 2.24) is 0 Å². The summed E-state index contributed by atoms with van der Waals surface area (Å²) in [6.07, 6.45) is 4.00. The summed E-state index contributed by atoms with van der Waals surface area (Å²) >= 11 is 6.10. The molecule has 0 amide bonds. The molecule has 0 aliphatic heterocycles. The number of benzene rings is 1. The predicted octanol–water partition coefficient (Wildman–Crippen LogP) is 2.51. The lowest BCUT2D eigenvalue weighted by molar-refractivity contribution is 0.000231. The third-order valence-corrected chi connectivity index (χ3v) is 3.81. The molecule has 1 aliphatic rings. The summed E-state index contributed by atoms with van der Waals surface area (Å²) in [6, 6.07) is 7.97. The summed E-state index contributed by atoms with van der Waals surface area (Å²) in [4.78, 5) is 0. The predicted molar refractivity (Wildman–Crippen MR) is 66.5 cm³/mol. The Bertz CT molecular complexity index is 359. The van der Waals surface area contributed by atoms with Crippen molar-refractivity contribution in [3.05, 3.63) is 34.9 Å². The summed E-state index contributed by atoms with van der Waals surface area (Å²) in [5.74, 6) is 0. The van der Waals surface area contributed by atoms with Crippen LogP contribution in [0.3, 0.4) is 0 Å². The highest BCUT2D eigenvalue weighted by molar-refractivity contribution is 6.31. The molecule has 0 atom stereocenters. The van der Waals surface area contributed by atoms with Crippen LogP contribution in [0.15, 0.2) is 24.3 Å². The lowest BCUT2D eigenvalue weighted by Gasteiger charge is -2.35. The van der Waals surface area contributed by atoms with Gasteiger partial charge in [-0.1, -0.05) is 29.8 Å². The summed E-state index contributed by atoms with van der Waals surface area (Å²) in [7, 11) is 0. The van der Waals surface area contributed by atoms with E-state index in [2.05, 4.69) is 0 Å². The second kappa shape index (κ2) is 4.74. The van der Waals surface area contributed by atoms with Crippen LogP contribution in [0, 0.1) is 0 Å². The van der Waals surface area contributed by atoms with E-state index in [1.165, 1.54) is 0 Å². The van der Waals surface area contributed by atoms with Crippen LogP contribution < -0.4 is 5.73 Å². The topological polar surface area (TPSA) is 46.2 Å². The van der Waals surface area contributed by atoms with Crippen LogP contribution in [0.1, 0.15) is 31.2 Å². The molecule has 1 fully saturated rings. The SMILES string of the molecule is NC1CCC(O)(Cc2ccccc2Cl)CC1. The van der Waals surface area contributed by atoms with Crippen molar-refractivity contribution in [3.63, 3.8) is 0 Å². The monoisotopic (exact) mass is 239 g/mol. The molecular formula is C13H18ClNO. The van der Waals surface area contributed by atoms with E-state index < -0.39 is 5.60 Å². The minimum Gasteiger partial charge on any atom is -0.390 e. The van der Waals surface area contributed by atoms with Crippen LogP contribution in [-0.2, 0) is 6.42 Å². The maximum Gasteiger partial charge on any atom is 0.0689 e. The minimum absolute atomic E-state index is 0.256. The number of hydrogen-bond acceptors (Lipinski definition) is 2. The molecule has 0 unspecified atom stereocenters. The quantitative estimate of drug-likeness (QED) is 0.833. The van der Waals surface area contributed by atoms with Crippen molar-refractivity contribution in [2.75, 3.05) is 0 Å². The van der Waals surface area contributed by atoms with Gasteiger partial charge in [0.2, 0.25) is 0 Å². The van der Waals surface area contributed by atoms with Gasteiger partial charge in [0.15, 0.2) is 0 Å². The molecule has 3 N–H and O–H groups in total. The highest BCUT2D eigenvalue weighted by Gasteiger charge is 2.32. The van der Waals surface area contributed by atoms with E-state index in [1.54, 1.807) is 0 Å². The molecule has 0 heterocycles. The van der Waals surface area contributed by atoms with Crippen molar-refractivity contribution in [2.24, 2.45) is 5.73 Å². The van der Waals surface area contributed by atoms with Crippen molar-refractivity contribution in [3.8, 4) is 0 Å². The Kier molecular flexibility index (Phi) is 3.53. The van der Waals surface area contributed by atoms with Gasteiger partial charge in [0.1, 0.15) is 0 Å². The number of hydrogen-bond donors (Lipinski definition) is 2. The third-order valence-electron chi connectivity index (χ3n) is 3.44. The largest absolute Gasteiger partial charge is 0.390 e. The van der Waals surface area contributed by atoms with Crippen LogP contribution in [0.4, 0.5) is 0 Å². The Hall–Kier alpha value is -0.570. The Morgan fingerprint density at radius 1 is 1.31 bits per heavy atom. The van der Waals surface area contributed by atoms with Crippen LogP contribution in [0.5, 0.6) is 0 Å². The smallest absolute Gasteiger partial charge is 0.0689 e. The van der Waals surface area contributed by atoms with E-state index >= 15 is 0 Å². The fourth-order valence-electron chi connectivity index (χ4n) is 2.35. The summed E-state index contributed by atoms with van der Waals surface area (Å²) < 4.78 is 0. The average Bonchev–Trinajstić information content (AvgIpc) is 2.27. The molecular weight excluding hydrogens is 222 g/mol. The Labute approximate surface area is 101 Å². The zero-order chi connectivity index (χ0) is 11.6. The van der Waals surface area contributed by atoms with Crippen molar-refractivity contribution in [2.45, 2.75) is 43.7 Å². The summed E-state index contributed by atoms with van der Waals surface area (Å²) in [5, 5.41) is 11.2. The fourth-order valence-corrected chi connectivity index (χ4v) is 2.55. The van der Waals surface area contributed by atoms with Gasteiger partial charge < -0.3 is 10.8 Å². The van der Waals surface area contributed by atoms with Crippen LogP contribution in [0.2, 0.25) is 5.02 Å². The highest BCUT2D eigenvalue weighted by atomic mass is 35.5. The standard InChI is InChI=1S/C13H18ClNO/c14-12-4-2-1-3-10(12)9-13(16)7-5-11(15)6-8-13/h1-4,11,16H,5-9,15H2. The molecule has 0 spiro atoms. The van der Waals surface area contributed by atoms with Gasteiger partial charge >= 0.3 is 0 Å². The first-order valence-corrected chi connectivity index (χ1v) is 6.18. The first-order chi connectivity index (χ1) is 7.59. The number of halogens is 1. The van der Waals surface area contributed by atoms with Crippen LogP contribution >= 0.6 is 11.6 Å². The first-order valence-electron chi connectivity index (χ1n) is 5.80. The molecule has 1 saturated carbocycles. The van der Waals surface area contributed by atoms with E-state index in [9.17, 15) is 5.11 Å². The van der Waals surface area contributed by atoms with Crippen molar-refractivity contribution in [1.29, 1.82) is 0 Å². The maximum atomic E-state index is 10.5. The third kappa shape index (κ3) is 2.76. The van der Waals surface area contributed by atoms with Crippen molar-refractivity contribution >= 4 is 11.6 Å². The molecule has 1 aliphatic carbocycles. The van der Waals surface area contributed by atoms with Gasteiger partial charge in [-0.3, -0.25) is 0 Å². The number of nitrogens with two attached hydrogens (primary N) is 1. The molecule has 0 saturated heterocycles. The van der Waals surface area contributed by atoms with E-state index in [1.807, 2.05) is 24.3 Å². The van der Waals surface area contributed by atoms with E-state index in [0.717, 1.165) is 36.3 Å². The van der Waals surface area contributed by atoms with E-state index in [0.29, 0.717) is 6.42 Å². The number of rotatable bonds is 2. The molecule has 2 rings (SSSR count). The molecule has 1 aromatic carbocycles. The van der Waals surface area contributed by atoms with Gasteiger partial charge in [-0.05, 0) is 37.3 Å². The average molecular weight is 240 g/mol. The lowest BCUT2D eigenvalue weighted by Crippen LogP contribution is -2.40. The molecule has 0 bridgehead atoms. The summed E-state index contributed by atoms with van der Waals surface area (Å²) in [5.41, 5.74) is 6.26. The van der Waals surface area contributed by atoms with Gasteiger partial charge in [0.05, 0.1) is 5.60 Å². The number of aliphatic hydroxyl groups is 1. The first kappa shape index (κ1) is 11.9. The molecule has 3 heteroatoms. The molecule has 0 aromatic heterocycles. The second-order valence-electron chi connectivity index (χ2n) is 4.83. The summed E-state index contributed by atoms with van der Waals surface area (Å²) in [6.45, 7) is 0. The fraction of sp³-hybridized carbons (Fsp3) is 0.538. The van der Waals surface area contributed by atoms with Gasteiger partial charge in [0.25, 0.3) is 0 Å². The zero-order valence-electron chi connectivity index (χ0n) is 9.32. The normalized spacial score (nSPS) is 30.3. The minimum atomic E-state index is -0.610. The van der Waals surface area contributed by atoms with E-state index in [-0.39, 0.29) is 6.04 Å². The Morgan fingerprint density at radius 3 is 2.56 bits per heavy atom. The molecule has 16 heavy (non-hydrogen) atoms. The van der Waals surface area contributed by atoms with Gasteiger partial charge in [-0.25, -0.2) is 0 Å². The molecule has 88 valence electrons. The zero-order valence-corrected chi connectivity index (χ0v) is 10.1. The van der Waals surface area contributed by atoms with Crippen LogP contribution in [-0.4, -0.2) is 16.7 Å². The highest BCUT2D eigenvalue weighted by Crippen LogP contribution is 2.32. The van der Waals surface area contributed by atoms with Crippen LogP contribution in [0.25, 0.3) is 0 Å². The maximum absolute atomic E-state index is 10.5. The lowest BCUT2D eigenvalue weighted by atomic mass is 9.79. The second-order valence-corrected chi connectivity index (χ2v) is 5.24. The van der Waals surface area contributed by atoms with E-state index in [4.69, 9.17) is 17.3 Å².